The normalized spacial score (nSPS) is 14.7. The summed E-state index contributed by atoms with van der Waals surface area (Å²) in [6.07, 6.45) is 5.24. The summed E-state index contributed by atoms with van der Waals surface area (Å²) in [7, 11) is -6.36. The first kappa shape index (κ1) is 34.6. The molecular formula is C30H39BN4O8S. The molecule has 0 spiro atoms. The van der Waals surface area contributed by atoms with Crippen LogP contribution in [0.4, 0.5) is 0 Å². The second-order valence-electron chi connectivity index (χ2n) is 11.0. The third kappa shape index (κ3) is 10.1. The van der Waals surface area contributed by atoms with Crippen molar-refractivity contribution < 1.29 is 37.4 Å². The highest BCUT2D eigenvalue weighted by Crippen LogP contribution is 2.28. The van der Waals surface area contributed by atoms with Gasteiger partial charge in [-0.25, -0.2) is 4.98 Å². The molecular weight excluding hydrogens is 587 g/mol. The summed E-state index contributed by atoms with van der Waals surface area (Å²) < 4.78 is 31.4. The minimum absolute atomic E-state index is 0.0261. The maximum atomic E-state index is 12.4. The lowest BCUT2D eigenvalue weighted by Crippen LogP contribution is -2.48. The molecule has 0 aliphatic heterocycles. The molecule has 3 amide bonds. The number of nitrogens with two attached hydrogens (primary N) is 1. The summed E-state index contributed by atoms with van der Waals surface area (Å²) in [5.74, 6) is -0.624. The van der Waals surface area contributed by atoms with Crippen molar-refractivity contribution in [3.8, 4) is 0 Å². The zero-order valence-corrected chi connectivity index (χ0v) is 25.6. The van der Waals surface area contributed by atoms with E-state index >= 15 is 0 Å². The Kier molecular flexibility index (Phi) is 12.4. The number of pyridine rings is 1. The zero-order valence-electron chi connectivity index (χ0n) is 24.8. The van der Waals surface area contributed by atoms with Gasteiger partial charge in [-0.3, -0.25) is 18.9 Å². The van der Waals surface area contributed by atoms with E-state index in [0.717, 1.165) is 49.1 Å². The van der Waals surface area contributed by atoms with Gasteiger partial charge in [0, 0.05) is 18.4 Å². The fourth-order valence-corrected chi connectivity index (χ4v) is 5.52. The van der Waals surface area contributed by atoms with Gasteiger partial charge in [-0.05, 0) is 60.0 Å². The van der Waals surface area contributed by atoms with Crippen LogP contribution in [0.2, 0.25) is 0 Å². The van der Waals surface area contributed by atoms with Crippen molar-refractivity contribution in [1.82, 2.24) is 15.6 Å². The fourth-order valence-electron chi connectivity index (χ4n) is 4.94. The van der Waals surface area contributed by atoms with Crippen LogP contribution in [0.15, 0.2) is 59.5 Å². The van der Waals surface area contributed by atoms with Crippen molar-refractivity contribution in [2.75, 3.05) is 0 Å². The highest BCUT2D eigenvalue weighted by Gasteiger charge is 2.31. The summed E-state index contributed by atoms with van der Waals surface area (Å²) in [6, 6.07) is 14.0. The van der Waals surface area contributed by atoms with Crippen LogP contribution >= 0.6 is 0 Å². The van der Waals surface area contributed by atoms with Gasteiger partial charge in [-0.1, -0.05) is 63.4 Å². The molecule has 1 saturated carbocycles. The largest absolute Gasteiger partial charge is 0.488 e. The van der Waals surface area contributed by atoms with Crippen LogP contribution in [-0.2, 0) is 26.3 Å². The lowest BCUT2D eigenvalue weighted by Gasteiger charge is -2.21. The molecule has 4 rings (SSSR count). The Hall–Kier alpha value is -3.85. The molecule has 3 aromatic rings. The predicted octanol–water partition coefficient (Wildman–Crippen LogP) is 1.67. The van der Waals surface area contributed by atoms with E-state index in [1.807, 2.05) is 44.2 Å². The first-order valence-corrected chi connectivity index (χ1v) is 15.9. The Balaban J connectivity index is 0.000000240. The van der Waals surface area contributed by atoms with E-state index in [9.17, 15) is 22.8 Å². The number of rotatable bonds is 11. The van der Waals surface area contributed by atoms with Gasteiger partial charge < -0.3 is 26.4 Å². The highest BCUT2D eigenvalue weighted by molar-refractivity contribution is 7.85. The smallest absolute Gasteiger partial charge is 0.423 e. The molecule has 44 heavy (non-hydrogen) atoms. The number of carbonyl (C=O) groups excluding carboxylic acids is 3. The van der Waals surface area contributed by atoms with Crippen molar-refractivity contribution in [3.63, 3.8) is 0 Å². The number of para-hydroxylation sites is 1. The van der Waals surface area contributed by atoms with Gasteiger partial charge in [0.25, 0.3) is 16.0 Å². The van der Waals surface area contributed by atoms with Crippen molar-refractivity contribution in [2.24, 2.45) is 17.6 Å². The van der Waals surface area contributed by atoms with E-state index in [2.05, 4.69) is 15.6 Å². The molecule has 1 aromatic heterocycles. The molecule has 12 nitrogen and oxygen atoms in total. The summed E-state index contributed by atoms with van der Waals surface area (Å²) in [5, 5.41) is 24.7. The molecule has 0 bridgehead atoms. The first-order chi connectivity index (χ1) is 20.8. The van der Waals surface area contributed by atoms with Crippen LogP contribution in [0.3, 0.4) is 0 Å². The lowest BCUT2D eigenvalue weighted by atomic mass is 9.79. The minimum atomic E-state index is -4.48. The predicted molar refractivity (Wildman–Crippen MR) is 166 cm³/mol. The van der Waals surface area contributed by atoms with Crippen LogP contribution in [-0.4, -0.2) is 58.9 Å². The van der Waals surface area contributed by atoms with Gasteiger partial charge in [0.2, 0.25) is 11.8 Å². The minimum Gasteiger partial charge on any atom is -0.423 e. The van der Waals surface area contributed by atoms with Crippen molar-refractivity contribution >= 4 is 51.3 Å². The van der Waals surface area contributed by atoms with Crippen LogP contribution < -0.4 is 21.8 Å². The number of hydrogen-bond acceptors (Lipinski definition) is 8. The van der Waals surface area contributed by atoms with Gasteiger partial charge in [0.05, 0.1) is 10.4 Å². The summed E-state index contributed by atoms with van der Waals surface area (Å²) in [5.41, 5.74) is 6.78. The summed E-state index contributed by atoms with van der Waals surface area (Å²) in [6.45, 7) is 3.94. The molecule has 0 saturated heterocycles. The van der Waals surface area contributed by atoms with E-state index in [-0.39, 0.29) is 35.7 Å². The van der Waals surface area contributed by atoms with Crippen LogP contribution in [0, 0.1) is 11.8 Å². The number of hydrogen-bond donors (Lipinski definition) is 6. The number of carbonyl (C=O) groups is 3. The second kappa shape index (κ2) is 15.8. The van der Waals surface area contributed by atoms with E-state index in [4.69, 9.17) is 20.3 Å². The molecule has 1 fully saturated rings. The average Bonchev–Trinajstić information content (AvgIpc) is 3.52. The standard InChI is InChI=1S/C17H19N3O2.C13H20BNO6S/c18-16(21)15(12-6-1-2-7-12)20-17(22)14-10-9-11-5-3-4-8-13(11)19-14;1-3-9(2)4-13(16)15-8-10-5-11(14(17)18)7-12(6-10)22(19,20)21/h3-5,8-10,12,15H,1-2,6-7H2,(H2,18,21)(H,20,22);5-7,9,17-18H,3-4,8H2,1-2H3,(H,15,16)(H,19,20,21). The summed E-state index contributed by atoms with van der Waals surface area (Å²) >= 11 is 0. The molecule has 1 aliphatic rings. The van der Waals surface area contributed by atoms with E-state index in [0.29, 0.717) is 17.7 Å². The fraction of sp³-hybridized carbons (Fsp3) is 0.400. The lowest BCUT2D eigenvalue weighted by molar-refractivity contribution is -0.122. The van der Waals surface area contributed by atoms with E-state index in [1.165, 1.54) is 12.1 Å². The Bertz CT molecular complexity index is 1580. The van der Waals surface area contributed by atoms with Crippen LogP contribution in [0.25, 0.3) is 10.9 Å². The molecule has 14 heteroatoms. The third-order valence-corrected chi connectivity index (χ3v) is 8.43. The molecule has 1 heterocycles. The van der Waals surface area contributed by atoms with Crippen LogP contribution in [0.1, 0.15) is 68.4 Å². The van der Waals surface area contributed by atoms with Gasteiger partial charge >= 0.3 is 7.12 Å². The zero-order chi connectivity index (χ0) is 32.4. The summed E-state index contributed by atoms with van der Waals surface area (Å²) in [4.78, 5) is 39.6. The number of aromatic nitrogens is 1. The number of nitrogens with one attached hydrogen (secondary N) is 2. The Morgan fingerprint density at radius 1 is 1.07 bits per heavy atom. The molecule has 1 aliphatic carbocycles. The SMILES string of the molecule is CCC(C)CC(=O)NCc1cc(B(O)O)cc(S(=O)(=O)O)c1.NC(=O)C(NC(=O)c1ccc2ccccc2n1)C1CCCC1. The number of fused-ring (bicyclic) bond motifs is 1. The average molecular weight is 627 g/mol. The maximum Gasteiger partial charge on any atom is 0.488 e. The van der Waals surface area contributed by atoms with Gasteiger partial charge in [-0.2, -0.15) is 8.42 Å². The molecule has 7 N–H and O–H groups in total. The number of primary amides is 1. The van der Waals surface area contributed by atoms with Crippen LogP contribution in [0.5, 0.6) is 0 Å². The highest BCUT2D eigenvalue weighted by atomic mass is 32.2. The molecule has 236 valence electrons. The van der Waals surface area contributed by atoms with E-state index in [1.54, 1.807) is 6.07 Å². The Morgan fingerprint density at radius 2 is 1.75 bits per heavy atom. The Labute approximate surface area is 257 Å². The van der Waals surface area contributed by atoms with Crippen molar-refractivity contribution in [2.45, 2.75) is 69.9 Å². The van der Waals surface area contributed by atoms with Gasteiger partial charge in [0.1, 0.15) is 11.7 Å². The van der Waals surface area contributed by atoms with Gasteiger partial charge in [-0.15, -0.1) is 0 Å². The first-order valence-electron chi connectivity index (χ1n) is 14.5. The van der Waals surface area contributed by atoms with Crippen molar-refractivity contribution in [3.05, 3.63) is 65.9 Å². The Morgan fingerprint density at radius 3 is 2.36 bits per heavy atom. The quantitative estimate of drug-likeness (QED) is 0.135. The number of amides is 3. The number of benzene rings is 2. The van der Waals surface area contributed by atoms with E-state index < -0.39 is 34.1 Å². The van der Waals surface area contributed by atoms with Crippen molar-refractivity contribution in [1.29, 1.82) is 0 Å². The molecule has 2 atom stereocenters. The number of nitrogens with zero attached hydrogens (tertiary/aromatic N) is 1. The molecule has 2 aromatic carbocycles. The monoisotopic (exact) mass is 626 g/mol. The molecule has 0 radical (unpaired) electrons. The third-order valence-electron chi connectivity index (χ3n) is 7.60. The molecule has 2 unspecified atom stereocenters. The van der Waals surface area contributed by atoms with Gasteiger partial charge in [0.15, 0.2) is 0 Å². The second-order valence-corrected chi connectivity index (χ2v) is 12.5. The maximum absolute atomic E-state index is 12.4. The topological polar surface area (TPSA) is 209 Å².